The number of rotatable bonds is 16. The Morgan fingerprint density at radius 1 is 0.885 bits per heavy atom. The van der Waals surface area contributed by atoms with E-state index in [0.717, 1.165) is 6.29 Å². The minimum atomic E-state index is -0.198. The predicted octanol–water partition coefficient (Wildman–Crippen LogP) is 1.48. The van der Waals surface area contributed by atoms with Crippen molar-refractivity contribution in [3.63, 3.8) is 0 Å². The van der Waals surface area contributed by atoms with Crippen molar-refractivity contribution < 1.29 is 28.5 Å². The highest BCUT2D eigenvalue weighted by molar-refractivity contribution is 5.94. The zero-order valence-corrected chi connectivity index (χ0v) is 15.0. The van der Waals surface area contributed by atoms with Gasteiger partial charge >= 0.3 is 0 Å². The number of nitrogens with one attached hydrogen (secondary N) is 1. The molecule has 1 N–H and O–H groups in total. The van der Waals surface area contributed by atoms with E-state index in [9.17, 15) is 9.59 Å². The largest absolute Gasteiger partial charge is 0.377 e. The first-order chi connectivity index (χ1) is 12.8. The molecule has 0 aliphatic rings. The summed E-state index contributed by atoms with van der Waals surface area (Å²) in [6.45, 7) is 7.90. The van der Waals surface area contributed by atoms with Crippen LogP contribution in [0.25, 0.3) is 0 Å². The van der Waals surface area contributed by atoms with E-state index in [1.807, 2.05) is 0 Å². The van der Waals surface area contributed by atoms with Crippen molar-refractivity contribution in [1.29, 1.82) is 0 Å². The van der Waals surface area contributed by atoms with Crippen molar-refractivity contribution in [3.05, 3.63) is 48.0 Å². The average molecular weight is 365 g/mol. The quantitative estimate of drug-likeness (QED) is 0.271. The van der Waals surface area contributed by atoms with E-state index < -0.39 is 0 Å². The van der Waals surface area contributed by atoms with Crippen LogP contribution in [0.3, 0.4) is 0 Å². The van der Waals surface area contributed by atoms with Gasteiger partial charge in [0.15, 0.2) is 0 Å². The van der Waals surface area contributed by atoms with E-state index in [4.69, 9.17) is 18.9 Å². The second-order valence-electron chi connectivity index (χ2n) is 5.20. The first-order valence-electron chi connectivity index (χ1n) is 8.53. The molecule has 0 bridgehead atoms. The molecule has 1 rings (SSSR count). The second kappa shape index (κ2) is 15.2. The predicted molar refractivity (Wildman–Crippen MR) is 97.6 cm³/mol. The van der Waals surface area contributed by atoms with E-state index in [-0.39, 0.29) is 5.91 Å². The standard InChI is InChI=1S/C19H27NO6/c1-2-8-23-10-12-25-14-15-26-13-11-24-9-7-20-19(22)18-5-3-17(16-21)4-6-18/h2-6,16H,1,7-15H2,(H,20,22). The van der Waals surface area contributed by atoms with E-state index >= 15 is 0 Å². The summed E-state index contributed by atoms with van der Waals surface area (Å²) in [6.07, 6.45) is 2.43. The van der Waals surface area contributed by atoms with Gasteiger partial charge in [-0.05, 0) is 12.1 Å². The molecule has 144 valence electrons. The van der Waals surface area contributed by atoms with Crippen LogP contribution < -0.4 is 5.32 Å². The third-order valence-electron chi connectivity index (χ3n) is 3.19. The van der Waals surface area contributed by atoms with Gasteiger partial charge in [-0.25, -0.2) is 0 Å². The van der Waals surface area contributed by atoms with Crippen LogP contribution in [0.2, 0.25) is 0 Å². The minimum absolute atomic E-state index is 0.198. The zero-order valence-electron chi connectivity index (χ0n) is 15.0. The lowest BCUT2D eigenvalue weighted by atomic mass is 10.1. The maximum absolute atomic E-state index is 11.9. The van der Waals surface area contributed by atoms with Gasteiger partial charge in [0.1, 0.15) is 6.29 Å². The Bertz CT molecular complexity index is 517. The number of benzene rings is 1. The zero-order chi connectivity index (χ0) is 18.9. The lowest BCUT2D eigenvalue weighted by molar-refractivity contribution is 0.00136. The van der Waals surface area contributed by atoms with Gasteiger partial charge in [0.25, 0.3) is 5.91 Å². The third-order valence-corrected chi connectivity index (χ3v) is 3.19. The Balaban J connectivity index is 1.89. The Morgan fingerprint density at radius 3 is 1.96 bits per heavy atom. The van der Waals surface area contributed by atoms with Crippen LogP contribution in [0.15, 0.2) is 36.9 Å². The first kappa shape index (κ1) is 22.0. The molecule has 0 aliphatic carbocycles. The van der Waals surface area contributed by atoms with Crippen LogP contribution >= 0.6 is 0 Å². The fourth-order valence-electron chi connectivity index (χ4n) is 1.88. The number of carbonyl (C=O) groups is 2. The molecule has 1 amide bonds. The average Bonchev–Trinajstić information content (AvgIpc) is 2.68. The molecule has 0 aliphatic heterocycles. The SMILES string of the molecule is C=CCOCCOCCOCCOCCNC(=O)c1ccc(C=O)cc1. The molecule has 0 fully saturated rings. The Hall–Kier alpha value is -2.06. The fraction of sp³-hybridized carbons (Fsp3) is 0.474. The number of hydrogen-bond donors (Lipinski definition) is 1. The van der Waals surface area contributed by atoms with Crippen LogP contribution in [0.1, 0.15) is 20.7 Å². The van der Waals surface area contributed by atoms with Gasteiger partial charge in [-0.15, -0.1) is 6.58 Å². The smallest absolute Gasteiger partial charge is 0.251 e. The van der Waals surface area contributed by atoms with Crippen LogP contribution in [0.5, 0.6) is 0 Å². The summed E-state index contributed by atoms with van der Waals surface area (Å²) in [5, 5.41) is 2.75. The maximum Gasteiger partial charge on any atom is 0.251 e. The summed E-state index contributed by atoms with van der Waals surface area (Å²) in [4.78, 5) is 22.4. The van der Waals surface area contributed by atoms with Crippen molar-refractivity contribution in [2.75, 3.05) is 59.4 Å². The molecule has 0 saturated carbocycles. The molecule has 0 spiro atoms. The lowest BCUT2D eigenvalue weighted by Gasteiger charge is -2.08. The van der Waals surface area contributed by atoms with E-state index in [1.54, 1.807) is 30.3 Å². The van der Waals surface area contributed by atoms with Gasteiger partial charge in [0, 0.05) is 17.7 Å². The normalized spacial score (nSPS) is 10.5. The van der Waals surface area contributed by atoms with E-state index in [1.165, 1.54) is 0 Å². The van der Waals surface area contributed by atoms with Crippen LogP contribution in [0.4, 0.5) is 0 Å². The number of ether oxygens (including phenoxy) is 4. The second-order valence-corrected chi connectivity index (χ2v) is 5.20. The maximum atomic E-state index is 11.9. The summed E-state index contributed by atoms with van der Waals surface area (Å²) in [5.74, 6) is -0.198. The van der Waals surface area contributed by atoms with Crippen LogP contribution in [0, 0.1) is 0 Å². The van der Waals surface area contributed by atoms with Crippen molar-refractivity contribution in [1.82, 2.24) is 5.32 Å². The molecule has 0 unspecified atom stereocenters. The monoisotopic (exact) mass is 365 g/mol. The summed E-state index contributed by atoms with van der Waals surface area (Å²) < 4.78 is 21.2. The van der Waals surface area contributed by atoms with Gasteiger partial charge in [-0.1, -0.05) is 18.2 Å². The van der Waals surface area contributed by atoms with E-state index in [2.05, 4.69) is 11.9 Å². The van der Waals surface area contributed by atoms with Gasteiger partial charge in [0.05, 0.1) is 52.9 Å². The van der Waals surface area contributed by atoms with Crippen LogP contribution in [-0.2, 0) is 18.9 Å². The van der Waals surface area contributed by atoms with Gasteiger partial charge in [-0.2, -0.15) is 0 Å². The molecule has 0 aromatic heterocycles. The number of amides is 1. The molecule has 26 heavy (non-hydrogen) atoms. The molecule has 0 atom stereocenters. The third kappa shape index (κ3) is 10.7. The molecular weight excluding hydrogens is 338 g/mol. The summed E-state index contributed by atoms with van der Waals surface area (Å²) in [5.41, 5.74) is 1.05. The van der Waals surface area contributed by atoms with Crippen molar-refractivity contribution in [2.24, 2.45) is 0 Å². The Morgan fingerprint density at radius 2 is 1.42 bits per heavy atom. The highest BCUT2D eigenvalue weighted by atomic mass is 16.6. The molecule has 0 heterocycles. The Kier molecular flexibility index (Phi) is 12.9. The van der Waals surface area contributed by atoms with Crippen LogP contribution in [-0.4, -0.2) is 71.6 Å². The number of aldehydes is 1. The summed E-state index contributed by atoms with van der Waals surface area (Å²) in [6, 6.07) is 6.43. The number of carbonyl (C=O) groups excluding carboxylic acids is 2. The topological polar surface area (TPSA) is 83.1 Å². The molecule has 7 heteroatoms. The van der Waals surface area contributed by atoms with Crippen molar-refractivity contribution in [2.45, 2.75) is 0 Å². The van der Waals surface area contributed by atoms with E-state index in [0.29, 0.717) is 70.5 Å². The van der Waals surface area contributed by atoms with Crippen molar-refractivity contribution >= 4 is 12.2 Å². The fourth-order valence-corrected chi connectivity index (χ4v) is 1.88. The van der Waals surface area contributed by atoms with Gasteiger partial charge in [-0.3, -0.25) is 9.59 Å². The highest BCUT2D eigenvalue weighted by Crippen LogP contribution is 2.02. The number of hydrogen-bond acceptors (Lipinski definition) is 6. The van der Waals surface area contributed by atoms with Gasteiger partial charge in [0.2, 0.25) is 0 Å². The summed E-state index contributed by atoms with van der Waals surface area (Å²) >= 11 is 0. The molecule has 0 saturated heterocycles. The Labute approximate surface area is 154 Å². The molecule has 7 nitrogen and oxygen atoms in total. The summed E-state index contributed by atoms with van der Waals surface area (Å²) in [7, 11) is 0. The first-order valence-corrected chi connectivity index (χ1v) is 8.53. The molecule has 1 aromatic rings. The lowest BCUT2D eigenvalue weighted by Crippen LogP contribution is -2.27. The van der Waals surface area contributed by atoms with Crippen molar-refractivity contribution in [3.8, 4) is 0 Å². The molecule has 1 aromatic carbocycles. The minimum Gasteiger partial charge on any atom is -0.377 e. The highest BCUT2D eigenvalue weighted by Gasteiger charge is 2.04. The molecule has 0 radical (unpaired) electrons. The van der Waals surface area contributed by atoms with Gasteiger partial charge < -0.3 is 24.3 Å². The molecular formula is C19H27NO6.